The lowest BCUT2D eigenvalue weighted by atomic mass is 10.8. The Labute approximate surface area is 51.2 Å². The van der Waals surface area contributed by atoms with Crippen molar-refractivity contribution in [2.75, 3.05) is 0 Å². The van der Waals surface area contributed by atoms with Crippen LogP contribution in [0.4, 0.5) is 5.82 Å². The van der Waals surface area contributed by atoms with Crippen LogP contribution in [0.15, 0.2) is 15.1 Å². The van der Waals surface area contributed by atoms with Crippen molar-refractivity contribution in [3.63, 3.8) is 0 Å². The largest absolute Gasteiger partial charge is 0.343 e. The van der Waals surface area contributed by atoms with E-state index in [-0.39, 0.29) is 5.82 Å². The highest BCUT2D eigenvalue weighted by molar-refractivity contribution is 7.61. The molecule has 0 saturated carbocycles. The molecule has 0 aliphatic heterocycles. The molecule has 0 radical (unpaired) electrons. The molecule has 0 aliphatic rings. The molecule has 0 atom stereocenters. The fourth-order valence-electron chi connectivity index (χ4n) is 0.276. The summed E-state index contributed by atoms with van der Waals surface area (Å²) in [4.78, 5) is 0. The van der Waals surface area contributed by atoms with Gasteiger partial charge in [0, 0.05) is 5.27 Å². The first-order valence-corrected chi connectivity index (χ1v) is 2.90. The van der Waals surface area contributed by atoms with E-state index < -0.39 is 10.5 Å². The Kier molecular flexibility index (Phi) is 1.54. The normalized spacial score (nSPS) is 8.89. The van der Waals surface area contributed by atoms with Gasteiger partial charge in [-0.1, -0.05) is 5.10 Å². The quantitative estimate of drug-likeness (QED) is 0.547. The standard InChI is InChI=1S/C2HN3O3S/c6-9(7)4-2-1-8-5-3-2/h1H. The molecule has 0 aromatic carbocycles. The van der Waals surface area contributed by atoms with E-state index in [9.17, 15) is 8.42 Å². The van der Waals surface area contributed by atoms with Crippen LogP contribution in [0, 0.1) is 0 Å². The van der Waals surface area contributed by atoms with Crippen molar-refractivity contribution in [2.24, 2.45) is 4.36 Å². The maximum Gasteiger partial charge on any atom is 0.318 e. The lowest BCUT2D eigenvalue weighted by molar-refractivity contribution is 0.393. The number of hydrogen-bond acceptors (Lipinski definition) is 6. The van der Waals surface area contributed by atoms with Gasteiger partial charge in [-0.05, 0) is 0 Å². The first-order valence-electron chi connectivity index (χ1n) is 1.87. The molecular formula is C2HN3O3S. The molecule has 1 aromatic heterocycles. The molecule has 1 aromatic rings. The molecular weight excluding hydrogens is 146 g/mol. The molecule has 0 N–H and O–H groups in total. The summed E-state index contributed by atoms with van der Waals surface area (Å²) in [5.41, 5.74) is 0. The van der Waals surface area contributed by atoms with Crippen LogP contribution < -0.4 is 0 Å². The Morgan fingerprint density at radius 2 is 2.44 bits per heavy atom. The zero-order chi connectivity index (χ0) is 6.69. The van der Waals surface area contributed by atoms with E-state index in [1.807, 2.05) is 0 Å². The Balaban J connectivity index is 3.07. The zero-order valence-electron chi connectivity index (χ0n) is 4.05. The van der Waals surface area contributed by atoms with Crippen molar-refractivity contribution in [1.29, 1.82) is 0 Å². The Morgan fingerprint density at radius 3 is 2.89 bits per heavy atom. The van der Waals surface area contributed by atoms with Gasteiger partial charge >= 0.3 is 10.5 Å². The average molecular weight is 147 g/mol. The molecule has 9 heavy (non-hydrogen) atoms. The van der Waals surface area contributed by atoms with Crippen LogP contribution in [-0.2, 0) is 10.5 Å². The van der Waals surface area contributed by atoms with Crippen molar-refractivity contribution in [3.05, 3.63) is 6.26 Å². The van der Waals surface area contributed by atoms with Crippen LogP contribution >= 0.6 is 0 Å². The maximum atomic E-state index is 9.79. The summed E-state index contributed by atoms with van der Waals surface area (Å²) in [7, 11) is -2.48. The van der Waals surface area contributed by atoms with Crippen molar-refractivity contribution >= 4 is 16.3 Å². The van der Waals surface area contributed by atoms with Crippen LogP contribution in [0.3, 0.4) is 0 Å². The van der Waals surface area contributed by atoms with Gasteiger partial charge in [0.05, 0.1) is 0 Å². The minimum absolute atomic E-state index is 0.0525. The molecule has 0 fully saturated rings. The second-order valence-corrected chi connectivity index (χ2v) is 1.69. The summed E-state index contributed by atoms with van der Waals surface area (Å²) in [5, 5.41) is 6.16. The molecule has 6 nitrogen and oxygen atoms in total. The highest BCUT2D eigenvalue weighted by atomic mass is 32.2. The van der Waals surface area contributed by atoms with Crippen molar-refractivity contribution in [3.8, 4) is 0 Å². The smallest absolute Gasteiger partial charge is 0.318 e. The Bertz CT molecular complexity index is 290. The molecule has 1 rings (SSSR count). The number of aromatic nitrogens is 2. The molecule has 0 amide bonds. The summed E-state index contributed by atoms with van der Waals surface area (Å²) in [6, 6.07) is 0. The summed E-state index contributed by atoms with van der Waals surface area (Å²) >= 11 is 0. The minimum atomic E-state index is -2.48. The van der Waals surface area contributed by atoms with Gasteiger partial charge in [0.15, 0.2) is 6.26 Å². The Hall–Kier alpha value is -1.24. The molecule has 0 aliphatic carbocycles. The number of nitrogens with zero attached hydrogens (tertiary/aromatic N) is 3. The molecule has 48 valence electrons. The fraction of sp³-hybridized carbons (Fsp3) is 0. The SMILES string of the molecule is O=S(=O)=Nc1conn1. The highest BCUT2D eigenvalue weighted by Gasteiger charge is 1.90. The van der Waals surface area contributed by atoms with E-state index in [1.165, 1.54) is 0 Å². The molecule has 0 unspecified atom stereocenters. The molecule has 0 bridgehead atoms. The van der Waals surface area contributed by atoms with Crippen molar-refractivity contribution < 1.29 is 12.9 Å². The summed E-state index contributed by atoms with van der Waals surface area (Å²) < 4.78 is 26.7. The third-order valence-corrected chi connectivity index (χ3v) is 0.853. The van der Waals surface area contributed by atoms with Crippen LogP contribution in [-0.4, -0.2) is 18.8 Å². The monoisotopic (exact) mass is 147 g/mol. The first kappa shape index (κ1) is 5.89. The minimum Gasteiger partial charge on any atom is -0.343 e. The number of hydrogen-bond donors (Lipinski definition) is 0. The highest BCUT2D eigenvalue weighted by Crippen LogP contribution is 2.01. The topological polar surface area (TPSA) is 85.4 Å². The van der Waals surface area contributed by atoms with Crippen LogP contribution in [0.25, 0.3) is 0 Å². The van der Waals surface area contributed by atoms with Crippen molar-refractivity contribution in [1.82, 2.24) is 10.4 Å². The van der Waals surface area contributed by atoms with Crippen molar-refractivity contribution in [2.45, 2.75) is 0 Å². The van der Waals surface area contributed by atoms with Gasteiger partial charge in [-0.25, -0.2) is 0 Å². The average Bonchev–Trinajstić information content (AvgIpc) is 2.15. The zero-order valence-corrected chi connectivity index (χ0v) is 4.87. The number of rotatable bonds is 1. The van der Waals surface area contributed by atoms with Gasteiger partial charge in [0.1, 0.15) is 0 Å². The van der Waals surface area contributed by atoms with Crippen LogP contribution in [0.1, 0.15) is 0 Å². The van der Waals surface area contributed by atoms with E-state index in [0.29, 0.717) is 0 Å². The van der Waals surface area contributed by atoms with E-state index in [0.717, 1.165) is 6.26 Å². The van der Waals surface area contributed by atoms with Gasteiger partial charge in [-0.2, -0.15) is 8.42 Å². The molecule has 0 spiro atoms. The maximum absolute atomic E-state index is 9.79. The van der Waals surface area contributed by atoms with Gasteiger partial charge in [-0.15, -0.1) is 4.36 Å². The second-order valence-electron chi connectivity index (χ2n) is 1.07. The lowest BCUT2D eigenvalue weighted by Gasteiger charge is -1.63. The second kappa shape index (κ2) is 2.35. The predicted molar refractivity (Wildman–Crippen MR) is 25.3 cm³/mol. The van der Waals surface area contributed by atoms with Gasteiger partial charge in [0.2, 0.25) is 5.82 Å². The summed E-state index contributed by atoms with van der Waals surface area (Å²) in [6.45, 7) is 0. The summed E-state index contributed by atoms with van der Waals surface area (Å²) in [5.74, 6) is -0.0525. The van der Waals surface area contributed by atoms with Crippen LogP contribution in [0.5, 0.6) is 0 Å². The molecule has 1 heterocycles. The third kappa shape index (κ3) is 1.61. The summed E-state index contributed by atoms with van der Waals surface area (Å²) in [6.07, 6.45) is 1.02. The molecule has 7 heteroatoms. The predicted octanol–water partition coefficient (Wildman–Crippen LogP) is -0.236. The van der Waals surface area contributed by atoms with E-state index in [4.69, 9.17) is 0 Å². The van der Waals surface area contributed by atoms with E-state index >= 15 is 0 Å². The van der Waals surface area contributed by atoms with E-state index in [1.54, 1.807) is 0 Å². The van der Waals surface area contributed by atoms with E-state index in [2.05, 4.69) is 19.3 Å². The van der Waals surface area contributed by atoms with Gasteiger partial charge < -0.3 is 4.52 Å². The van der Waals surface area contributed by atoms with Gasteiger partial charge in [0.25, 0.3) is 0 Å². The van der Waals surface area contributed by atoms with Gasteiger partial charge in [-0.3, -0.25) is 0 Å². The first-order chi connectivity index (χ1) is 4.29. The third-order valence-electron chi connectivity index (χ3n) is 0.517. The molecule has 0 saturated heterocycles. The fourth-order valence-corrected chi connectivity index (χ4v) is 0.508. The van der Waals surface area contributed by atoms with Crippen LogP contribution in [0.2, 0.25) is 0 Å². The lowest BCUT2D eigenvalue weighted by Crippen LogP contribution is -1.62. The Morgan fingerprint density at radius 1 is 1.67 bits per heavy atom.